The molecule has 0 atom stereocenters. The average Bonchev–Trinajstić information content (AvgIpc) is 3.09. The molecule has 2 amide bonds. The van der Waals surface area contributed by atoms with E-state index in [0.29, 0.717) is 38.2 Å². The number of para-hydroxylation sites is 3. The summed E-state index contributed by atoms with van der Waals surface area (Å²) in [5.41, 5.74) is 0.935. The van der Waals surface area contributed by atoms with Crippen molar-refractivity contribution in [2.75, 3.05) is 23.5 Å². The van der Waals surface area contributed by atoms with Gasteiger partial charge in [-0.3, -0.25) is 9.59 Å². The predicted molar refractivity (Wildman–Crippen MR) is 122 cm³/mol. The lowest BCUT2D eigenvalue weighted by Crippen LogP contribution is -2.17. The van der Waals surface area contributed by atoms with E-state index in [4.69, 9.17) is 27.9 Å². The predicted octanol–water partition coefficient (Wildman–Crippen LogP) is 4.04. The molecule has 1 heterocycles. The highest BCUT2D eigenvalue weighted by Gasteiger charge is 2.16. The highest BCUT2D eigenvalue weighted by atomic mass is 35.5. The largest absolute Gasteiger partial charge is 0.495 e. The second kappa shape index (κ2) is 10.5. The van der Waals surface area contributed by atoms with E-state index >= 15 is 0 Å². The number of thioether (sulfide) groups is 1. The quantitative estimate of drug-likeness (QED) is 0.473. The molecule has 0 spiro atoms. The number of hydrogen-bond donors (Lipinski definition) is 2. The zero-order valence-corrected chi connectivity index (χ0v) is 19.0. The molecule has 0 aliphatic carbocycles. The second-order valence-corrected chi connectivity index (χ2v) is 8.07. The van der Waals surface area contributed by atoms with Crippen molar-refractivity contribution in [3.63, 3.8) is 0 Å². The monoisotopic (exact) mass is 479 g/mol. The van der Waals surface area contributed by atoms with E-state index in [1.165, 1.54) is 18.9 Å². The summed E-state index contributed by atoms with van der Waals surface area (Å²) in [6.07, 6.45) is 0.0174. The number of carbonyl (C=O) groups excluding carboxylic acids is 2. The lowest BCUT2D eigenvalue weighted by atomic mass is 10.2. The van der Waals surface area contributed by atoms with Gasteiger partial charge >= 0.3 is 0 Å². The summed E-state index contributed by atoms with van der Waals surface area (Å²) >= 11 is 13.3. The fraction of sp³-hybridized carbons (Fsp3) is 0.200. The highest BCUT2D eigenvalue weighted by Crippen LogP contribution is 2.30. The van der Waals surface area contributed by atoms with Gasteiger partial charge in [0, 0.05) is 7.05 Å². The summed E-state index contributed by atoms with van der Waals surface area (Å²) in [6, 6.07) is 12.1. The molecule has 31 heavy (non-hydrogen) atoms. The van der Waals surface area contributed by atoms with Crippen LogP contribution in [-0.4, -0.2) is 39.4 Å². The summed E-state index contributed by atoms with van der Waals surface area (Å²) in [4.78, 5) is 24.7. The Balaban J connectivity index is 1.57. The van der Waals surface area contributed by atoms with E-state index in [1.807, 2.05) is 6.07 Å². The van der Waals surface area contributed by atoms with Gasteiger partial charge in [-0.2, -0.15) is 0 Å². The van der Waals surface area contributed by atoms with E-state index in [1.54, 1.807) is 48.0 Å². The molecule has 1 aromatic heterocycles. The van der Waals surface area contributed by atoms with Crippen molar-refractivity contribution in [3.05, 3.63) is 58.3 Å². The number of amides is 2. The molecule has 8 nitrogen and oxygen atoms in total. The number of anilines is 2. The molecule has 2 aromatic carbocycles. The van der Waals surface area contributed by atoms with Gasteiger partial charge in [-0.05, 0) is 24.3 Å². The van der Waals surface area contributed by atoms with Crippen LogP contribution in [0.5, 0.6) is 5.75 Å². The number of carbonyl (C=O) groups is 2. The Labute approximate surface area is 193 Å². The lowest BCUT2D eigenvalue weighted by molar-refractivity contribution is -0.116. The smallest absolute Gasteiger partial charge is 0.234 e. The van der Waals surface area contributed by atoms with Crippen LogP contribution in [0, 0.1) is 0 Å². The molecule has 0 radical (unpaired) electrons. The van der Waals surface area contributed by atoms with Gasteiger partial charge in [-0.15, -0.1) is 10.2 Å². The molecule has 0 bridgehead atoms. The van der Waals surface area contributed by atoms with Gasteiger partial charge in [0.1, 0.15) is 11.6 Å². The van der Waals surface area contributed by atoms with Crippen LogP contribution in [0.1, 0.15) is 5.82 Å². The molecule has 2 N–H and O–H groups in total. The van der Waals surface area contributed by atoms with Gasteiger partial charge in [0.2, 0.25) is 11.8 Å². The molecule has 0 unspecified atom stereocenters. The van der Waals surface area contributed by atoms with Crippen LogP contribution in [-0.2, 0) is 23.1 Å². The Hall–Kier alpha value is -2.75. The van der Waals surface area contributed by atoms with Crippen molar-refractivity contribution < 1.29 is 14.3 Å². The number of benzene rings is 2. The molecule has 0 aliphatic rings. The fourth-order valence-corrected chi connectivity index (χ4v) is 3.86. The molecule has 0 fully saturated rings. The molecular formula is C20H19Cl2N5O3S. The van der Waals surface area contributed by atoms with Gasteiger partial charge in [-0.25, -0.2) is 0 Å². The highest BCUT2D eigenvalue weighted by molar-refractivity contribution is 7.99. The molecule has 0 saturated carbocycles. The summed E-state index contributed by atoms with van der Waals surface area (Å²) in [5.74, 6) is 0.543. The van der Waals surface area contributed by atoms with Gasteiger partial charge < -0.3 is 19.9 Å². The molecular weight excluding hydrogens is 461 g/mol. The topological polar surface area (TPSA) is 98.1 Å². The van der Waals surface area contributed by atoms with E-state index in [2.05, 4.69) is 20.8 Å². The normalized spacial score (nSPS) is 10.6. The van der Waals surface area contributed by atoms with Crippen LogP contribution < -0.4 is 15.4 Å². The lowest BCUT2D eigenvalue weighted by Gasteiger charge is -2.10. The third-order valence-corrected chi connectivity index (χ3v) is 5.83. The Kier molecular flexibility index (Phi) is 7.78. The third-order valence-electron chi connectivity index (χ3n) is 4.18. The Morgan fingerprint density at radius 3 is 2.45 bits per heavy atom. The first-order chi connectivity index (χ1) is 14.9. The molecule has 3 rings (SSSR count). The van der Waals surface area contributed by atoms with E-state index < -0.39 is 0 Å². The maximum Gasteiger partial charge on any atom is 0.234 e. The fourth-order valence-electron chi connectivity index (χ4n) is 2.63. The number of methoxy groups -OCH3 is 1. The van der Waals surface area contributed by atoms with Crippen LogP contribution in [0.2, 0.25) is 10.0 Å². The first kappa shape index (κ1) is 22.9. The summed E-state index contributed by atoms with van der Waals surface area (Å²) in [5, 5.41) is 14.8. The van der Waals surface area contributed by atoms with E-state index in [0.717, 1.165) is 0 Å². The van der Waals surface area contributed by atoms with Crippen LogP contribution in [0.15, 0.2) is 47.6 Å². The van der Waals surface area contributed by atoms with Crippen LogP contribution in [0.3, 0.4) is 0 Å². The summed E-state index contributed by atoms with van der Waals surface area (Å²) in [7, 11) is 3.27. The standard InChI is InChI=1S/C20H19Cl2N5O3S/c1-27-16(10-17(28)23-14-8-3-4-9-15(14)30-2)25-26-20(27)31-11-18(29)24-19-12(21)6-5-7-13(19)22/h3-9H,10-11H2,1-2H3,(H,23,28)(H,24,29). The number of rotatable bonds is 8. The maximum atomic E-state index is 12.4. The molecule has 11 heteroatoms. The van der Waals surface area contributed by atoms with Gasteiger partial charge in [0.15, 0.2) is 5.16 Å². The van der Waals surface area contributed by atoms with E-state index in [-0.39, 0.29) is 24.0 Å². The average molecular weight is 480 g/mol. The minimum atomic E-state index is -0.293. The van der Waals surface area contributed by atoms with Gasteiger partial charge in [0.25, 0.3) is 0 Å². The number of hydrogen-bond acceptors (Lipinski definition) is 6. The minimum Gasteiger partial charge on any atom is -0.495 e. The SMILES string of the molecule is COc1ccccc1NC(=O)Cc1nnc(SCC(=O)Nc2c(Cl)cccc2Cl)n1C. The maximum absolute atomic E-state index is 12.4. The Morgan fingerprint density at radius 2 is 1.74 bits per heavy atom. The van der Waals surface area contributed by atoms with Crippen molar-refractivity contribution >= 4 is 58.2 Å². The van der Waals surface area contributed by atoms with Gasteiger partial charge in [0.05, 0.1) is 40.7 Å². The minimum absolute atomic E-state index is 0.0174. The zero-order chi connectivity index (χ0) is 22.4. The van der Waals surface area contributed by atoms with Crippen molar-refractivity contribution in [1.29, 1.82) is 0 Å². The van der Waals surface area contributed by atoms with Crippen molar-refractivity contribution in [2.24, 2.45) is 7.05 Å². The van der Waals surface area contributed by atoms with Crippen molar-refractivity contribution in [3.8, 4) is 5.75 Å². The number of aromatic nitrogens is 3. The number of nitrogens with one attached hydrogen (secondary N) is 2. The molecule has 162 valence electrons. The first-order valence-electron chi connectivity index (χ1n) is 9.07. The van der Waals surface area contributed by atoms with Crippen molar-refractivity contribution in [2.45, 2.75) is 11.6 Å². The second-order valence-electron chi connectivity index (χ2n) is 6.32. The molecule has 0 aliphatic heterocycles. The van der Waals surface area contributed by atoms with Crippen molar-refractivity contribution in [1.82, 2.24) is 14.8 Å². The molecule has 3 aromatic rings. The number of nitrogens with zero attached hydrogens (tertiary/aromatic N) is 3. The summed E-state index contributed by atoms with van der Waals surface area (Å²) < 4.78 is 6.90. The van der Waals surface area contributed by atoms with Crippen LogP contribution in [0.4, 0.5) is 11.4 Å². The molecule has 0 saturated heterocycles. The zero-order valence-electron chi connectivity index (χ0n) is 16.7. The number of halogens is 2. The van der Waals surface area contributed by atoms with E-state index in [9.17, 15) is 9.59 Å². The number of ether oxygens (including phenoxy) is 1. The third kappa shape index (κ3) is 5.90. The summed E-state index contributed by atoms with van der Waals surface area (Å²) in [6.45, 7) is 0. The first-order valence-corrected chi connectivity index (χ1v) is 10.8. The van der Waals surface area contributed by atoms with Crippen LogP contribution >= 0.6 is 35.0 Å². The van der Waals surface area contributed by atoms with Crippen LogP contribution in [0.25, 0.3) is 0 Å². The Bertz CT molecular complexity index is 1090. The Morgan fingerprint density at radius 1 is 1.03 bits per heavy atom. The van der Waals surface area contributed by atoms with Gasteiger partial charge in [-0.1, -0.05) is 53.2 Å².